The molecule has 0 radical (unpaired) electrons. The minimum Gasteiger partial charge on any atom is -0.309 e. The van der Waals surface area contributed by atoms with Crippen LogP contribution in [0, 0.1) is 0 Å². The molecule has 0 unspecified atom stereocenters. The molecular formula is C49H30N2S. The summed E-state index contributed by atoms with van der Waals surface area (Å²) in [5, 5.41) is 11.3. The van der Waals surface area contributed by atoms with Crippen molar-refractivity contribution in [2.24, 2.45) is 0 Å². The van der Waals surface area contributed by atoms with Gasteiger partial charge in [-0.1, -0.05) is 140 Å². The number of fused-ring (bicyclic) bond motifs is 10. The lowest BCUT2D eigenvalue weighted by Crippen LogP contribution is -1.94. The Morgan fingerprint density at radius 1 is 0.346 bits per heavy atom. The average molecular weight is 679 g/mol. The highest BCUT2D eigenvalue weighted by Crippen LogP contribution is 2.41. The van der Waals surface area contributed by atoms with Gasteiger partial charge in [0.15, 0.2) is 0 Å². The lowest BCUT2D eigenvalue weighted by molar-refractivity contribution is 1.18. The van der Waals surface area contributed by atoms with Crippen LogP contribution in [0.2, 0.25) is 0 Å². The van der Waals surface area contributed by atoms with Gasteiger partial charge in [-0.3, -0.25) is 0 Å². The van der Waals surface area contributed by atoms with Crippen molar-refractivity contribution in [3.63, 3.8) is 0 Å². The van der Waals surface area contributed by atoms with E-state index in [4.69, 9.17) is 4.98 Å². The van der Waals surface area contributed by atoms with Gasteiger partial charge in [0.05, 0.1) is 21.3 Å². The van der Waals surface area contributed by atoms with E-state index in [0.717, 1.165) is 27.3 Å². The molecule has 52 heavy (non-hydrogen) atoms. The Bertz CT molecular complexity index is 3120. The molecule has 2 nitrogen and oxygen atoms in total. The highest BCUT2D eigenvalue weighted by molar-refractivity contribution is 7.21. The van der Waals surface area contributed by atoms with E-state index >= 15 is 0 Å². The molecule has 0 aliphatic carbocycles. The first-order chi connectivity index (χ1) is 25.8. The van der Waals surface area contributed by atoms with Gasteiger partial charge in [0.1, 0.15) is 5.01 Å². The number of benzene rings is 9. The van der Waals surface area contributed by atoms with Gasteiger partial charge >= 0.3 is 0 Å². The van der Waals surface area contributed by atoms with Crippen LogP contribution in [-0.4, -0.2) is 9.55 Å². The maximum atomic E-state index is 5.13. The van der Waals surface area contributed by atoms with E-state index in [1.54, 1.807) is 11.3 Å². The number of rotatable bonds is 4. The summed E-state index contributed by atoms with van der Waals surface area (Å²) in [6, 6.07) is 66.2. The molecule has 0 spiro atoms. The average Bonchev–Trinajstić information content (AvgIpc) is 3.78. The molecule has 0 N–H and O–H groups in total. The fourth-order valence-corrected chi connectivity index (χ4v) is 9.11. The smallest absolute Gasteiger partial charge is 0.124 e. The highest BCUT2D eigenvalue weighted by atomic mass is 32.1. The first-order valence-corrected chi connectivity index (χ1v) is 18.5. The van der Waals surface area contributed by atoms with Crippen molar-refractivity contribution in [1.29, 1.82) is 0 Å². The predicted octanol–water partition coefficient (Wildman–Crippen LogP) is 13.9. The summed E-state index contributed by atoms with van der Waals surface area (Å²) in [5.74, 6) is 0. The molecule has 0 saturated heterocycles. The van der Waals surface area contributed by atoms with Crippen molar-refractivity contribution in [2.75, 3.05) is 0 Å². The van der Waals surface area contributed by atoms with Crippen molar-refractivity contribution in [3.05, 3.63) is 182 Å². The maximum absolute atomic E-state index is 5.13. The molecular weight excluding hydrogens is 649 g/mol. The summed E-state index contributed by atoms with van der Waals surface area (Å²) in [5.41, 5.74) is 10.5. The van der Waals surface area contributed by atoms with Crippen LogP contribution in [0.15, 0.2) is 182 Å². The van der Waals surface area contributed by atoms with Crippen LogP contribution in [0.25, 0.3) is 103 Å². The van der Waals surface area contributed by atoms with Crippen LogP contribution < -0.4 is 0 Å². The maximum Gasteiger partial charge on any atom is 0.124 e. The molecule has 3 heteroatoms. The quantitative estimate of drug-likeness (QED) is 0.169. The van der Waals surface area contributed by atoms with Gasteiger partial charge in [0, 0.05) is 22.0 Å². The largest absolute Gasteiger partial charge is 0.309 e. The van der Waals surface area contributed by atoms with E-state index < -0.39 is 0 Å². The summed E-state index contributed by atoms with van der Waals surface area (Å²) in [6.07, 6.45) is 0. The van der Waals surface area contributed by atoms with Gasteiger partial charge in [-0.05, 0) is 97.0 Å². The van der Waals surface area contributed by atoms with Crippen LogP contribution in [0.4, 0.5) is 0 Å². The molecule has 0 fully saturated rings. The summed E-state index contributed by atoms with van der Waals surface area (Å²) in [7, 11) is 0. The first-order valence-electron chi connectivity index (χ1n) is 17.7. The Balaban J connectivity index is 1.08. The minimum atomic E-state index is 1.02. The SMILES string of the molecule is c1ccc(-c2ccc3c(c2)c2cc4sc(-c5ccccc5)nc4cc2n3-c2ccc(-c3ccc4c5ccccc5c5ccccc5c4c3)cc2)cc1. The van der Waals surface area contributed by atoms with Crippen molar-refractivity contribution in [1.82, 2.24) is 9.55 Å². The molecule has 9 aromatic carbocycles. The standard InChI is InChI=1S/C49H30N2S/c1-3-11-31(12-4-1)35-22-26-46-43(28-35)44-29-48-45(50-49(52-48)33-13-5-2-6-14-33)30-47(44)51(46)36-23-19-32(20-24-36)34-21-25-41-39-17-8-7-15-37(39)38-16-9-10-18-40(38)42(41)27-34/h1-30H. The second-order valence-corrected chi connectivity index (χ2v) is 14.6. The number of hydrogen-bond donors (Lipinski definition) is 0. The lowest BCUT2D eigenvalue weighted by Gasteiger charge is -2.13. The van der Waals surface area contributed by atoms with Crippen LogP contribution in [0.1, 0.15) is 0 Å². The predicted molar refractivity (Wildman–Crippen MR) is 223 cm³/mol. The van der Waals surface area contributed by atoms with Gasteiger partial charge in [-0.25, -0.2) is 4.98 Å². The molecule has 2 aromatic heterocycles. The second-order valence-electron chi connectivity index (χ2n) is 13.6. The topological polar surface area (TPSA) is 17.8 Å². The van der Waals surface area contributed by atoms with E-state index in [9.17, 15) is 0 Å². The van der Waals surface area contributed by atoms with Crippen LogP contribution in [0.5, 0.6) is 0 Å². The van der Waals surface area contributed by atoms with E-state index in [0.29, 0.717) is 0 Å². The van der Waals surface area contributed by atoms with E-state index in [1.807, 2.05) is 0 Å². The third kappa shape index (κ3) is 4.53. The molecule has 11 aromatic rings. The highest BCUT2D eigenvalue weighted by Gasteiger charge is 2.17. The zero-order chi connectivity index (χ0) is 34.2. The van der Waals surface area contributed by atoms with Crippen LogP contribution in [-0.2, 0) is 0 Å². The molecule has 0 saturated carbocycles. The Labute approximate surface area is 304 Å². The third-order valence-corrected chi connectivity index (χ3v) is 11.7. The minimum absolute atomic E-state index is 1.02. The monoisotopic (exact) mass is 678 g/mol. The first kappa shape index (κ1) is 29.2. The van der Waals surface area contributed by atoms with Gasteiger partial charge in [0.2, 0.25) is 0 Å². The van der Waals surface area contributed by atoms with E-state index in [2.05, 4.69) is 187 Å². The Kier molecular flexibility index (Phi) is 6.46. The number of hydrogen-bond acceptors (Lipinski definition) is 2. The summed E-state index contributed by atoms with van der Waals surface area (Å²) >= 11 is 1.76. The Morgan fingerprint density at radius 2 is 0.846 bits per heavy atom. The lowest BCUT2D eigenvalue weighted by atomic mass is 9.92. The summed E-state index contributed by atoms with van der Waals surface area (Å²) < 4.78 is 3.60. The van der Waals surface area contributed by atoms with Crippen molar-refractivity contribution in [2.45, 2.75) is 0 Å². The van der Waals surface area contributed by atoms with Crippen molar-refractivity contribution >= 4 is 75.7 Å². The number of nitrogens with zero attached hydrogens (tertiary/aromatic N) is 2. The van der Waals surface area contributed by atoms with Gasteiger partial charge in [0.25, 0.3) is 0 Å². The molecule has 0 amide bonds. The van der Waals surface area contributed by atoms with Gasteiger partial charge < -0.3 is 4.57 Å². The molecule has 0 aliphatic rings. The fraction of sp³-hybridized carbons (Fsp3) is 0. The molecule has 242 valence electrons. The van der Waals surface area contributed by atoms with E-state index in [-0.39, 0.29) is 0 Å². The van der Waals surface area contributed by atoms with Gasteiger partial charge in [-0.15, -0.1) is 11.3 Å². The zero-order valence-electron chi connectivity index (χ0n) is 28.1. The molecule has 0 atom stereocenters. The summed E-state index contributed by atoms with van der Waals surface area (Å²) in [6.45, 7) is 0. The molecule has 11 rings (SSSR count). The van der Waals surface area contributed by atoms with Crippen LogP contribution >= 0.6 is 11.3 Å². The number of aromatic nitrogens is 2. The zero-order valence-corrected chi connectivity index (χ0v) is 28.9. The number of thiazole rings is 1. The molecule has 2 heterocycles. The molecule has 0 bridgehead atoms. The fourth-order valence-electron chi connectivity index (χ4n) is 8.12. The second kappa shape index (κ2) is 11.5. The molecule has 0 aliphatic heterocycles. The van der Waals surface area contributed by atoms with Gasteiger partial charge in [-0.2, -0.15) is 0 Å². The normalized spacial score (nSPS) is 11.8. The van der Waals surface area contributed by atoms with E-state index in [1.165, 1.54) is 75.6 Å². The van der Waals surface area contributed by atoms with Crippen molar-refractivity contribution in [3.8, 4) is 38.5 Å². The van der Waals surface area contributed by atoms with Crippen LogP contribution in [0.3, 0.4) is 0 Å². The third-order valence-electron chi connectivity index (χ3n) is 10.6. The Morgan fingerprint density at radius 3 is 1.52 bits per heavy atom. The summed E-state index contributed by atoms with van der Waals surface area (Å²) in [4.78, 5) is 5.13. The van der Waals surface area contributed by atoms with Crippen molar-refractivity contribution < 1.29 is 0 Å². The Hall–Kier alpha value is -6.55.